The van der Waals surface area contributed by atoms with Gasteiger partial charge in [0.1, 0.15) is 6.04 Å². The molecule has 0 fully saturated rings. The van der Waals surface area contributed by atoms with E-state index in [0.717, 1.165) is 5.56 Å². The fourth-order valence-electron chi connectivity index (χ4n) is 3.18. The van der Waals surface area contributed by atoms with E-state index >= 15 is 0 Å². The average Bonchev–Trinajstić information content (AvgIpc) is 2.66. The Morgan fingerprint density at radius 1 is 1.28 bits per heavy atom. The Hall–Kier alpha value is -2.82. The Labute approximate surface area is 147 Å². The van der Waals surface area contributed by atoms with Gasteiger partial charge in [-0.05, 0) is 30.2 Å². The van der Waals surface area contributed by atoms with E-state index in [1.165, 1.54) is 11.1 Å². The van der Waals surface area contributed by atoms with Crippen LogP contribution >= 0.6 is 0 Å². The molecule has 25 heavy (non-hydrogen) atoms. The summed E-state index contributed by atoms with van der Waals surface area (Å²) in [4.78, 5) is 18.8. The van der Waals surface area contributed by atoms with Crippen LogP contribution in [0.5, 0.6) is 5.88 Å². The smallest absolute Gasteiger partial charge is 0.329 e. The molecule has 130 valence electrons. The zero-order chi connectivity index (χ0) is 17.8. The number of methoxy groups -OCH3 is 1. The van der Waals surface area contributed by atoms with E-state index in [1.807, 2.05) is 36.1 Å². The lowest BCUT2D eigenvalue weighted by molar-refractivity contribution is -0.148. The molecule has 0 N–H and O–H groups in total. The molecule has 0 radical (unpaired) electrons. The first-order chi connectivity index (χ1) is 12.2. The molecular weight excluding hydrogens is 316 g/mol. The monoisotopic (exact) mass is 338 g/mol. The molecular formula is C20H22N2O3. The van der Waals surface area contributed by atoms with Crippen molar-refractivity contribution in [2.24, 2.45) is 0 Å². The van der Waals surface area contributed by atoms with E-state index in [2.05, 4.69) is 23.7 Å². The molecule has 1 aliphatic rings. The molecule has 1 aliphatic heterocycles. The van der Waals surface area contributed by atoms with Crippen LogP contribution in [0.15, 0.2) is 49.2 Å². The van der Waals surface area contributed by atoms with Crippen LogP contribution in [0.1, 0.15) is 23.6 Å². The second kappa shape index (κ2) is 7.38. The van der Waals surface area contributed by atoms with Gasteiger partial charge in [0.05, 0.1) is 19.3 Å². The SMILES string of the molecule is C=C(c1cccnc1OC)N1Cc2ccccc2CC1C(=O)OCC. The van der Waals surface area contributed by atoms with Crippen molar-refractivity contribution in [1.29, 1.82) is 0 Å². The summed E-state index contributed by atoms with van der Waals surface area (Å²) < 4.78 is 10.7. The first kappa shape index (κ1) is 17.0. The van der Waals surface area contributed by atoms with Gasteiger partial charge in [-0.25, -0.2) is 9.78 Å². The first-order valence-corrected chi connectivity index (χ1v) is 8.34. The zero-order valence-corrected chi connectivity index (χ0v) is 14.6. The van der Waals surface area contributed by atoms with Crippen molar-refractivity contribution in [3.63, 3.8) is 0 Å². The third kappa shape index (κ3) is 3.36. The standard InChI is InChI=1S/C20H22N2O3/c1-4-25-20(23)18-12-15-8-5-6-9-16(15)13-22(18)14(2)17-10-7-11-21-19(17)24-3/h5-11,18H,2,4,12-13H2,1,3H3. The average molecular weight is 338 g/mol. The second-order valence-electron chi connectivity index (χ2n) is 5.88. The molecule has 3 rings (SSSR count). The van der Waals surface area contributed by atoms with E-state index < -0.39 is 6.04 Å². The summed E-state index contributed by atoms with van der Waals surface area (Å²) >= 11 is 0. The van der Waals surface area contributed by atoms with Crippen molar-refractivity contribution in [2.75, 3.05) is 13.7 Å². The van der Waals surface area contributed by atoms with Crippen molar-refractivity contribution in [3.8, 4) is 5.88 Å². The minimum Gasteiger partial charge on any atom is -0.481 e. The van der Waals surface area contributed by atoms with Crippen LogP contribution in [0, 0.1) is 0 Å². The molecule has 1 aromatic heterocycles. The summed E-state index contributed by atoms with van der Waals surface area (Å²) in [5, 5.41) is 0. The fourth-order valence-corrected chi connectivity index (χ4v) is 3.18. The summed E-state index contributed by atoms with van der Waals surface area (Å²) in [5.41, 5.74) is 3.84. The zero-order valence-electron chi connectivity index (χ0n) is 14.6. The molecule has 0 amide bonds. The highest BCUT2D eigenvalue weighted by molar-refractivity contribution is 5.80. The molecule has 1 atom stereocenters. The Bertz CT molecular complexity index is 788. The summed E-state index contributed by atoms with van der Waals surface area (Å²) in [6.07, 6.45) is 2.26. The number of pyridine rings is 1. The number of ether oxygens (including phenoxy) is 2. The lowest BCUT2D eigenvalue weighted by Gasteiger charge is -2.38. The van der Waals surface area contributed by atoms with Gasteiger partial charge in [0, 0.05) is 24.9 Å². The van der Waals surface area contributed by atoms with Crippen LogP contribution in [0.3, 0.4) is 0 Å². The van der Waals surface area contributed by atoms with Crippen LogP contribution in [0.2, 0.25) is 0 Å². The number of hydrogen-bond acceptors (Lipinski definition) is 5. The quantitative estimate of drug-likeness (QED) is 0.784. The van der Waals surface area contributed by atoms with Gasteiger partial charge in [-0.3, -0.25) is 0 Å². The predicted octanol–water partition coefficient (Wildman–Crippen LogP) is 3.05. The minimum absolute atomic E-state index is 0.235. The van der Waals surface area contributed by atoms with E-state index in [9.17, 15) is 4.79 Å². The van der Waals surface area contributed by atoms with Crippen LogP contribution in [-0.2, 0) is 22.5 Å². The summed E-state index contributed by atoms with van der Waals surface area (Å²) in [7, 11) is 1.58. The normalized spacial score (nSPS) is 16.1. The molecule has 0 saturated carbocycles. The summed E-state index contributed by atoms with van der Waals surface area (Å²) in [5.74, 6) is 0.259. The number of esters is 1. The molecule has 0 bridgehead atoms. The predicted molar refractivity (Wildman–Crippen MR) is 95.9 cm³/mol. The van der Waals surface area contributed by atoms with Crippen molar-refractivity contribution >= 4 is 11.7 Å². The minimum atomic E-state index is -0.410. The number of fused-ring (bicyclic) bond motifs is 1. The molecule has 2 aromatic rings. The van der Waals surface area contributed by atoms with Gasteiger partial charge < -0.3 is 14.4 Å². The Morgan fingerprint density at radius 2 is 2.04 bits per heavy atom. The van der Waals surface area contributed by atoms with E-state index in [-0.39, 0.29) is 5.97 Å². The van der Waals surface area contributed by atoms with Crippen LogP contribution < -0.4 is 4.74 Å². The maximum atomic E-state index is 12.6. The molecule has 2 heterocycles. The maximum Gasteiger partial charge on any atom is 0.329 e. The van der Waals surface area contributed by atoms with Gasteiger partial charge in [-0.1, -0.05) is 30.8 Å². The number of aromatic nitrogens is 1. The molecule has 5 heteroatoms. The van der Waals surface area contributed by atoms with Crippen molar-refractivity contribution < 1.29 is 14.3 Å². The largest absolute Gasteiger partial charge is 0.481 e. The number of benzene rings is 1. The van der Waals surface area contributed by atoms with Gasteiger partial charge in [0.15, 0.2) is 0 Å². The molecule has 1 unspecified atom stereocenters. The molecule has 0 saturated heterocycles. The maximum absolute atomic E-state index is 12.6. The van der Waals surface area contributed by atoms with E-state index in [4.69, 9.17) is 9.47 Å². The highest BCUT2D eigenvalue weighted by atomic mass is 16.5. The summed E-state index contributed by atoms with van der Waals surface area (Å²) in [6.45, 7) is 6.99. The van der Waals surface area contributed by atoms with Crippen LogP contribution in [0.4, 0.5) is 0 Å². The lowest BCUT2D eigenvalue weighted by atomic mass is 9.93. The van der Waals surface area contributed by atoms with Gasteiger partial charge in [0.25, 0.3) is 0 Å². The van der Waals surface area contributed by atoms with Crippen LogP contribution in [-0.4, -0.2) is 35.6 Å². The fraction of sp³-hybridized carbons (Fsp3) is 0.300. The number of carbonyl (C=O) groups excluding carboxylic acids is 1. The van der Waals surface area contributed by atoms with Gasteiger partial charge in [-0.2, -0.15) is 0 Å². The molecule has 1 aromatic carbocycles. The number of nitrogens with zero attached hydrogens (tertiary/aromatic N) is 2. The van der Waals surface area contributed by atoms with E-state index in [0.29, 0.717) is 31.1 Å². The van der Waals surface area contributed by atoms with Gasteiger partial charge >= 0.3 is 5.97 Å². The molecule has 5 nitrogen and oxygen atoms in total. The topological polar surface area (TPSA) is 51.7 Å². The number of rotatable bonds is 5. The van der Waals surface area contributed by atoms with Crippen molar-refractivity contribution in [1.82, 2.24) is 9.88 Å². The Kier molecular flexibility index (Phi) is 5.03. The van der Waals surface area contributed by atoms with Crippen molar-refractivity contribution in [3.05, 3.63) is 65.9 Å². The molecule has 0 spiro atoms. The Balaban J connectivity index is 1.98. The lowest BCUT2D eigenvalue weighted by Crippen LogP contribution is -2.45. The first-order valence-electron chi connectivity index (χ1n) is 8.34. The van der Waals surface area contributed by atoms with Crippen molar-refractivity contribution in [2.45, 2.75) is 25.9 Å². The molecule has 0 aliphatic carbocycles. The van der Waals surface area contributed by atoms with Gasteiger partial charge in [-0.15, -0.1) is 0 Å². The van der Waals surface area contributed by atoms with E-state index in [1.54, 1.807) is 13.3 Å². The third-order valence-electron chi connectivity index (χ3n) is 4.43. The highest BCUT2D eigenvalue weighted by Crippen LogP contribution is 2.33. The van der Waals surface area contributed by atoms with Crippen LogP contribution in [0.25, 0.3) is 5.70 Å². The number of hydrogen-bond donors (Lipinski definition) is 0. The Morgan fingerprint density at radius 3 is 2.76 bits per heavy atom. The van der Waals surface area contributed by atoms with Gasteiger partial charge in [0.2, 0.25) is 5.88 Å². The summed E-state index contributed by atoms with van der Waals surface area (Å²) in [6, 6.07) is 11.5. The third-order valence-corrected chi connectivity index (χ3v) is 4.43. The number of carbonyl (C=O) groups is 1. The highest BCUT2D eigenvalue weighted by Gasteiger charge is 2.34. The second-order valence-corrected chi connectivity index (χ2v) is 5.88.